The van der Waals surface area contributed by atoms with E-state index in [0.717, 1.165) is 49.9 Å². The molecular formula is C23H39Cl2N3O5S2. The average Bonchev–Trinajstić information content (AvgIpc) is 2.73. The van der Waals surface area contributed by atoms with E-state index in [0.29, 0.717) is 25.0 Å². The second-order valence-corrected chi connectivity index (χ2v) is 13.9. The first-order chi connectivity index (χ1) is 15.8. The monoisotopic (exact) mass is 571 g/mol. The molecule has 0 spiro atoms. The van der Waals surface area contributed by atoms with E-state index in [1.54, 1.807) is 4.90 Å². The number of nitrogens with one attached hydrogen (secondary N) is 1. The predicted octanol–water partition coefficient (Wildman–Crippen LogP) is 2.61. The highest BCUT2D eigenvalue weighted by Crippen LogP contribution is 2.22. The van der Waals surface area contributed by atoms with E-state index in [9.17, 15) is 21.6 Å². The Morgan fingerprint density at radius 1 is 1.20 bits per heavy atom. The lowest BCUT2D eigenvalue weighted by atomic mass is 9.94. The molecule has 1 heterocycles. The van der Waals surface area contributed by atoms with Gasteiger partial charge in [-0.3, -0.25) is 4.79 Å². The summed E-state index contributed by atoms with van der Waals surface area (Å²) >= 11 is 6.12. The Bertz CT molecular complexity index is 1030. The number of rotatable bonds is 12. The topological polar surface area (TPSA) is 104 Å². The Hall–Kier alpha value is -0.910. The molecule has 0 radical (unpaired) electrons. The van der Waals surface area contributed by atoms with E-state index in [2.05, 4.69) is 29.5 Å². The zero-order valence-corrected chi connectivity index (χ0v) is 24.1. The van der Waals surface area contributed by atoms with Crippen LogP contribution in [0.1, 0.15) is 38.7 Å². The van der Waals surface area contributed by atoms with Crippen LogP contribution < -0.4 is 4.72 Å². The molecule has 35 heavy (non-hydrogen) atoms. The molecule has 1 saturated heterocycles. The Morgan fingerprint density at radius 2 is 1.83 bits per heavy atom. The molecule has 1 fully saturated rings. The molecule has 0 bridgehead atoms. The van der Waals surface area contributed by atoms with Crippen molar-refractivity contribution in [1.82, 2.24) is 14.5 Å². The summed E-state index contributed by atoms with van der Waals surface area (Å²) in [5, 5.41) is 0.741. The number of piperidine rings is 1. The molecule has 8 nitrogen and oxygen atoms in total. The number of sulfonamides is 1. The van der Waals surface area contributed by atoms with Crippen molar-refractivity contribution in [2.45, 2.75) is 51.6 Å². The van der Waals surface area contributed by atoms with Crippen molar-refractivity contribution in [3.8, 4) is 0 Å². The van der Waals surface area contributed by atoms with Crippen LogP contribution in [0.5, 0.6) is 0 Å². The summed E-state index contributed by atoms with van der Waals surface area (Å²) in [7, 11) is -6.97. The number of halogens is 2. The van der Waals surface area contributed by atoms with Crippen LogP contribution in [0.25, 0.3) is 0 Å². The fourth-order valence-corrected chi connectivity index (χ4v) is 6.08. The van der Waals surface area contributed by atoms with E-state index in [-0.39, 0.29) is 30.5 Å². The summed E-state index contributed by atoms with van der Waals surface area (Å²) < 4.78 is 48.9. The van der Waals surface area contributed by atoms with Gasteiger partial charge in [-0.25, -0.2) is 21.6 Å². The number of carbonyl (C=O) groups is 1. The van der Waals surface area contributed by atoms with Crippen LogP contribution in [0.2, 0.25) is 5.02 Å². The summed E-state index contributed by atoms with van der Waals surface area (Å²) in [5.74, 6) is -0.171. The number of amides is 1. The average molecular weight is 573 g/mol. The molecule has 1 aromatic rings. The van der Waals surface area contributed by atoms with Crippen molar-refractivity contribution < 1.29 is 21.6 Å². The third-order valence-electron chi connectivity index (χ3n) is 6.30. The molecule has 1 aliphatic heterocycles. The SMILES string of the molecule is CCN(CC1CCN(C(=O)C(CCS(C)(=O)=O)NS(C)(=O)=O)CC1)C(C)Cc1cccc(Cl)c1.Cl. The van der Waals surface area contributed by atoms with Gasteiger partial charge in [-0.15, -0.1) is 12.4 Å². The number of likely N-dealkylation sites (N-methyl/N-ethyl adjacent to an activating group) is 1. The van der Waals surface area contributed by atoms with E-state index < -0.39 is 25.9 Å². The standard InChI is InChI=1S/C23H38ClN3O5S2.ClH/c1-5-26(18(2)15-20-7-6-8-21(24)16-20)17-19-9-12-27(13-10-19)23(28)22(25-34(4,31)32)11-14-33(3,29)30;/h6-8,16,18-19,22,25H,5,9-15,17H2,1-4H3;1H. The van der Waals surface area contributed by atoms with Gasteiger partial charge < -0.3 is 9.80 Å². The Labute approximate surface area is 222 Å². The Balaban J connectivity index is 0.00000612. The normalized spacial score (nSPS) is 17.1. The number of likely N-dealkylation sites (tertiary alicyclic amines) is 1. The number of hydrogen-bond donors (Lipinski definition) is 1. The van der Waals surface area contributed by atoms with Gasteiger partial charge in [0.2, 0.25) is 15.9 Å². The lowest BCUT2D eigenvalue weighted by Crippen LogP contribution is -2.51. The smallest absolute Gasteiger partial charge is 0.240 e. The zero-order chi connectivity index (χ0) is 25.5. The molecule has 2 unspecified atom stereocenters. The van der Waals surface area contributed by atoms with Crippen LogP contribution in [-0.4, -0.2) is 89.1 Å². The van der Waals surface area contributed by atoms with Crippen molar-refractivity contribution in [1.29, 1.82) is 0 Å². The molecule has 1 amide bonds. The van der Waals surface area contributed by atoms with Crippen LogP contribution in [0.15, 0.2) is 24.3 Å². The van der Waals surface area contributed by atoms with Gasteiger partial charge in [0.25, 0.3) is 0 Å². The maximum absolute atomic E-state index is 13.0. The highest BCUT2D eigenvalue weighted by atomic mass is 35.5. The van der Waals surface area contributed by atoms with Gasteiger partial charge in [0.05, 0.1) is 12.0 Å². The van der Waals surface area contributed by atoms with Crippen LogP contribution in [-0.2, 0) is 31.1 Å². The number of sulfone groups is 1. The number of nitrogens with zero attached hydrogens (tertiary/aromatic N) is 2. The summed E-state index contributed by atoms with van der Waals surface area (Å²) in [6, 6.07) is 7.22. The van der Waals surface area contributed by atoms with Crippen LogP contribution in [0.3, 0.4) is 0 Å². The van der Waals surface area contributed by atoms with Crippen LogP contribution in [0, 0.1) is 5.92 Å². The molecular weight excluding hydrogens is 533 g/mol. The van der Waals surface area contributed by atoms with Gasteiger partial charge in [-0.05, 0) is 62.8 Å². The van der Waals surface area contributed by atoms with Crippen LogP contribution in [0.4, 0.5) is 0 Å². The van der Waals surface area contributed by atoms with E-state index in [1.807, 2.05) is 18.2 Å². The fraction of sp³-hybridized carbons (Fsp3) is 0.696. The molecule has 0 aromatic heterocycles. The van der Waals surface area contributed by atoms with Gasteiger partial charge in [0, 0.05) is 37.0 Å². The fourth-order valence-electron chi connectivity index (χ4n) is 4.47. The first-order valence-corrected chi connectivity index (χ1v) is 16.0. The van der Waals surface area contributed by atoms with Gasteiger partial charge in [0.1, 0.15) is 15.9 Å². The molecule has 2 atom stereocenters. The predicted molar refractivity (Wildman–Crippen MR) is 145 cm³/mol. The third kappa shape index (κ3) is 11.8. The number of benzene rings is 1. The molecule has 1 aliphatic rings. The number of hydrogen-bond acceptors (Lipinski definition) is 6. The van der Waals surface area contributed by atoms with Crippen molar-refractivity contribution in [2.24, 2.45) is 5.92 Å². The van der Waals surface area contributed by atoms with Gasteiger partial charge in [-0.2, -0.15) is 0 Å². The molecule has 2 rings (SSSR count). The summed E-state index contributed by atoms with van der Waals surface area (Å²) in [5.41, 5.74) is 1.21. The van der Waals surface area contributed by atoms with E-state index in [4.69, 9.17) is 11.6 Å². The minimum atomic E-state index is -3.65. The highest BCUT2D eigenvalue weighted by molar-refractivity contribution is 7.90. The Kier molecular flexibility index (Phi) is 13.0. The quantitative estimate of drug-likeness (QED) is 0.413. The highest BCUT2D eigenvalue weighted by Gasteiger charge is 2.31. The van der Waals surface area contributed by atoms with Crippen molar-refractivity contribution in [3.63, 3.8) is 0 Å². The maximum atomic E-state index is 13.0. The lowest BCUT2D eigenvalue weighted by Gasteiger charge is -2.37. The van der Waals surface area contributed by atoms with E-state index in [1.165, 1.54) is 5.56 Å². The molecule has 1 aromatic carbocycles. The van der Waals surface area contributed by atoms with Crippen LogP contribution >= 0.6 is 24.0 Å². The van der Waals surface area contributed by atoms with Gasteiger partial charge in [-0.1, -0.05) is 30.7 Å². The largest absolute Gasteiger partial charge is 0.341 e. The molecule has 0 aliphatic carbocycles. The molecule has 202 valence electrons. The summed E-state index contributed by atoms with van der Waals surface area (Å²) in [6.07, 6.45) is 4.53. The number of carbonyl (C=O) groups excluding carboxylic acids is 1. The first-order valence-electron chi connectivity index (χ1n) is 11.7. The summed E-state index contributed by atoms with van der Waals surface area (Å²) in [4.78, 5) is 17.1. The van der Waals surface area contributed by atoms with Gasteiger partial charge in [0.15, 0.2) is 0 Å². The second-order valence-electron chi connectivity index (χ2n) is 9.40. The van der Waals surface area contributed by atoms with Crippen molar-refractivity contribution in [3.05, 3.63) is 34.9 Å². The van der Waals surface area contributed by atoms with Crippen molar-refractivity contribution in [2.75, 3.05) is 44.4 Å². The maximum Gasteiger partial charge on any atom is 0.240 e. The third-order valence-corrected chi connectivity index (χ3v) is 8.23. The lowest BCUT2D eigenvalue weighted by molar-refractivity contribution is -0.134. The molecule has 1 N–H and O–H groups in total. The Morgan fingerprint density at radius 3 is 2.34 bits per heavy atom. The van der Waals surface area contributed by atoms with Gasteiger partial charge >= 0.3 is 0 Å². The molecule has 0 saturated carbocycles. The summed E-state index contributed by atoms with van der Waals surface area (Å²) in [6.45, 7) is 7.28. The van der Waals surface area contributed by atoms with Crippen molar-refractivity contribution >= 4 is 49.8 Å². The minimum Gasteiger partial charge on any atom is -0.341 e. The minimum absolute atomic E-state index is 0. The zero-order valence-electron chi connectivity index (χ0n) is 20.9. The molecule has 12 heteroatoms. The first kappa shape index (κ1) is 32.1. The second kappa shape index (κ2) is 14.1. The van der Waals surface area contributed by atoms with E-state index >= 15 is 0 Å².